The molecule has 2 heterocycles. The Morgan fingerprint density at radius 2 is 1.57 bits per heavy atom. The van der Waals surface area contributed by atoms with Gasteiger partial charge in [-0.05, 0) is 75.3 Å². The topological polar surface area (TPSA) is 104 Å². The maximum Gasteiger partial charge on any atom is 0.421 e. The van der Waals surface area contributed by atoms with Gasteiger partial charge in [0, 0.05) is 48.5 Å². The molecule has 0 radical (unpaired) electrons. The Morgan fingerprint density at radius 1 is 0.878 bits per heavy atom. The van der Waals surface area contributed by atoms with E-state index in [9.17, 15) is 9.59 Å². The molecule has 0 saturated carbocycles. The summed E-state index contributed by atoms with van der Waals surface area (Å²) in [5.41, 5.74) is 5.83. The minimum Gasteiger partial charge on any atom is -0.409 e. The van der Waals surface area contributed by atoms with Gasteiger partial charge in [-0.1, -0.05) is 61.9 Å². The summed E-state index contributed by atoms with van der Waals surface area (Å²) in [5.74, 6) is 1.12. The van der Waals surface area contributed by atoms with Crippen molar-refractivity contribution < 1.29 is 14.3 Å². The molecule has 49 heavy (non-hydrogen) atoms. The second kappa shape index (κ2) is 16.3. The predicted molar refractivity (Wildman–Crippen MR) is 197 cm³/mol. The van der Waals surface area contributed by atoms with Gasteiger partial charge in [-0.15, -0.1) is 11.3 Å². The molecule has 0 atom stereocenters. The van der Waals surface area contributed by atoms with Crippen LogP contribution < -0.4 is 15.0 Å². The number of hydrogen-bond donors (Lipinski definition) is 1. The van der Waals surface area contributed by atoms with E-state index in [0.717, 1.165) is 46.9 Å². The highest BCUT2D eigenvalue weighted by Gasteiger charge is 2.24. The van der Waals surface area contributed by atoms with Gasteiger partial charge < -0.3 is 19.9 Å². The van der Waals surface area contributed by atoms with Crippen LogP contribution in [-0.2, 0) is 6.54 Å². The molecule has 0 spiro atoms. The summed E-state index contributed by atoms with van der Waals surface area (Å²) < 4.78 is 6.01. The Bertz CT molecular complexity index is 1850. The molecule has 0 fully saturated rings. The first kappa shape index (κ1) is 35.2. The standard InChI is InChI=1S/C38H43N7O3S/c1-7-44(8-2)21-20-43(6)36(46)30-14-16-31(17-15-30)41-37-39-19-18-33(42-37)45(38(47)48-34-27(4)22-26(3)23-28(34)5)24-32-25-49-35(40-32)29-12-10-9-11-13-29/h9-19,22-23,25H,7-8,20-21,24H2,1-6H3,(H,39,41,42). The van der Waals surface area contributed by atoms with E-state index in [1.165, 1.54) is 16.2 Å². The number of likely N-dealkylation sites (N-methyl/N-ethyl adjacent to an activating group) is 2. The summed E-state index contributed by atoms with van der Waals surface area (Å²) in [7, 11) is 1.82. The molecule has 0 unspecified atom stereocenters. The highest BCUT2D eigenvalue weighted by atomic mass is 32.1. The average molecular weight is 678 g/mol. The maximum absolute atomic E-state index is 13.9. The smallest absolute Gasteiger partial charge is 0.409 e. The van der Waals surface area contributed by atoms with Crippen molar-refractivity contribution in [2.24, 2.45) is 0 Å². The summed E-state index contributed by atoms with van der Waals surface area (Å²) in [6.45, 7) is 13.6. The Hall–Kier alpha value is -5.13. The first-order valence-electron chi connectivity index (χ1n) is 16.4. The van der Waals surface area contributed by atoms with Crippen LogP contribution in [0.15, 0.2) is 84.4 Å². The Morgan fingerprint density at radius 3 is 2.24 bits per heavy atom. The average Bonchev–Trinajstić information content (AvgIpc) is 3.58. The highest BCUT2D eigenvalue weighted by Crippen LogP contribution is 2.29. The molecule has 10 nitrogen and oxygen atoms in total. The van der Waals surface area contributed by atoms with Gasteiger partial charge in [-0.25, -0.2) is 14.8 Å². The van der Waals surface area contributed by atoms with E-state index in [-0.39, 0.29) is 18.4 Å². The van der Waals surface area contributed by atoms with E-state index in [2.05, 4.69) is 29.0 Å². The molecular weight excluding hydrogens is 635 g/mol. The normalized spacial score (nSPS) is 11.0. The van der Waals surface area contributed by atoms with Crippen molar-refractivity contribution in [1.29, 1.82) is 0 Å². The number of amides is 2. The van der Waals surface area contributed by atoms with E-state index in [0.29, 0.717) is 35.1 Å². The molecular formula is C38H43N7O3S. The van der Waals surface area contributed by atoms with E-state index in [1.807, 2.05) is 87.8 Å². The van der Waals surface area contributed by atoms with Crippen molar-refractivity contribution in [2.75, 3.05) is 43.4 Å². The number of aromatic nitrogens is 3. The maximum atomic E-state index is 13.9. The third kappa shape index (κ3) is 9.07. The lowest BCUT2D eigenvalue weighted by atomic mass is 10.1. The van der Waals surface area contributed by atoms with Gasteiger partial charge in [-0.2, -0.15) is 4.98 Å². The lowest BCUT2D eigenvalue weighted by Gasteiger charge is -2.23. The lowest BCUT2D eigenvalue weighted by Crippen LogP contribution is -2.36. The summed E-state index contributed by atoms with van der Waals surface area (Å²) in [5, 5.41) is 6.00. The first-order valence-corrected chi connectivity index (χ1v) is 17.3. The van der Waals surface area contributed by atoms with Crippen LogP contribution in [0.4, 0.5) is 22.2 Å². The predicted octanol–water partition coefficient (Wildman–Crippen LogP) is 7.89. The fraction of sp³-hybridized carbons (Fsp3) is 0.289. The molecule has 2 amide bonds. The molecule has 0 aliphatic heterocycles. The molecule has 254 valence electrons. The van der Waals surface area contributed by atoms with Gasteiger partial charge in [0.05, 0.1) is 12.2 Å². The van der Waals surface area contributed by atoms with Gasteiger partial charge >= 0.3 is 6.09 Å². The van der Waals surface area contributed by atoms with E-state index in [1.54, 1.807) is 29.3 Å². The van der Waals surface area contributed by atoms with Crippen LogP contribution in [0, 0.1) is 20.8 Å². The van der Waals surface area contributed by atoms with Crippen molar-refractivity contribution in [3.8, 4) is 16.3 Å². The van der Waals surface area contributed by atoms with Crippen LogP contribution in [0.25, 0.3) is 10.6 Å². The zero-order valence-electron chi connectivity index (χ0n) is 28.9. The molecule has 5 rings (SSSR count). The van der Waals surface area contributed by atoms with Crippen molar-refractivity contribution in [3.05, 3.63) is 112 Å². The van der Waals surface area contributed by atoms with Crippen LogP contribution in [0.1, 0.15) is 46.6 Å². The summed E-state index contributed by atoms with van der Waals surface area (Å²) in [4.78, 5) is 46.3. The number of ether oxygens (including phenoxy) is 1. The van der Waals surface area contributed by atoms with Crippen LogP contribution in [0.3, 0.4) is 0 Å². The molecule has 1 N–H and O–H groups in total. The van der Waals surface area contributed by atoms with E-state index in [4.69, 9.17) is 14.7 Å². The number of carbonyl (C=O) groups is 2. The van der Waals surface area contributed by atoms with Gasteiger partial charge in [0.2, 0.25) is 5.95 Å². The second-order valence-electron chi connectivity index (χ2n) is 11.9. The fourth-order valence-electron chi connectivity index (χ4n) is 5.50. The van der Waals surface area contributed by atoms with Gasteiger partial charge in [0.15, 0.2) is 0 Å². The first-order chi connectivity index (χ1) is 23.6. The number of anilines is 3. The monoisotopic (exact) mass is 677 g/mol. The van der Waals surface area contributed by atoms with Crippen molar-refractivity contribution in [3.63, 3.8) is 0 Å². The number of nitrogens with zero attached hydrogens (tertiary/aromatic N) is 6. The summed E-state index contributed by atoms with van der Waals surface area (Å²) in [6.07, 6.45) is 1.01. The minimum absolute atomic E-state index is 0.0392. The Labute approximate surface area is 292 Å². The van der Waals surface area contributed by atoms with Gasteiger partial charge in [0.1, 0.15) is 16.6 Å². The number of benzene rings is 3. The molecule has 3 aromatic carbocycles. The van der Waals surface area contributed by atoms with Crippen LogP contribution in [-0.4, -0.2) is 70.0 Å². The van der Waals surface area contributed by atoms with Crippen LogP contribution in [0.5, 0.6) is 5.75 Å². The molecule has 0 saturated heterocycles. The second-order valence-corrected chi connectivity index (χ2v) is 12.7. The summed E-state index contributed by atoms with van der Waals surface area (Å²) in [6, 6.07) is 22.8. The number of carbonyl (C=O) groups excluding carboxylic acids is 2. The number of nitrogens with one attached hydrogen (secondary N) is 1. The van der Waals surface area contributed by atoms with Gasteiger partial charge in [-0.3, -0.25) is 9.69 Å². The minimum atomic E-state index is -0.582. The number of rotatable bonds is 13. The molecule has 0 bridgehead atoms. The largest absolute Gasteiger partial charge is 0.421 e. The molecule has 2 aromatic heterocycles. The van der Waals surface area contributed by atoms with Crippen molar-refractivity contribution in [2.45, 2.75) is 41.2 Å². The molecule has 11 heteroatoms. The van der Waals surface area contributed by atoms with Crippen molar-refractivity contribution in [1.82, 2.24) is 24.8 Å². The SMILES string of the molecule is CCN(CC)CCN(C)C(=O)c1ccc(Nc2nccc(N(Cc3csc(-c4ccccc4)n3)C(=O)Oc3c(C)cc(C)cc3C)n2)cc1. The Balaban J connectivity index is 1.35. The zero-order valence-corrected chi connectivity index (χ0v) is 29.8. The zero-order chi connectivity index (χ0) is 34.9. The lowest BCUT2D eigenvalue weighted by molar-refractivity contribution is 0.0779. The molecule has 5 aromatic rings. The van der Waals surface area contributed by atoms with E-state index < -0.39 is 6.09 Å². The van der Waals surface area contributed by atoms with E-state index >= 15 is 0 Å². The quantitative estimate of drug-likeness (QED) is 0.134. The number of aryl methyl sites for hydroxylation is 3. The third-order valence-electron chi connectivity index (χ3n) is 8.21. The van der Waals surface area contributed by atoms with Gasteiger partial charge in [0.25, 0.3) is 5.91 Å². The highest BCUT2D eigenvalue weighted by molar-refractivity contribution is 7.13. The Kier molecular flexibility index (Phi) is 11.7. The number of hydrogen-bond acceptors (Lipinski definition) is 9. The van der Waals surface area contributed by atoms with Crippen molar-refractivity contribution >= 4 is 40.8 Å². The fourth-order valence-corrected chi connectivity index (χ4v) is 6.32. The van der Waals surface area contributed by atoms with Crippen LogP contribution in [0.2, 0.25) is 0 Å². The molecule has 0 aliphatic rings. The molecule has 0 aliphatic carbocycles. The number of thiazole rings is 1. The van der Waals surface area contributed by atoms with Crippen LogP contribution >= 0.6 is 11.3 Å². The summed E-state index contributed by atoms with van der Waals surface area (Å²) >= 11 is 1.51. The third-order valence-corrected chi connectivity index (χ3v) is 9.15.